The largest absolute Gasteiger partial charge is 0.344 e. The molecule has 4 nitrogen and oxygen atoms in total. The van der Waals surface area contributed by atoms with E-state index in [1.54, 1.807) is 23.1 Å². The van der Waals surface area contributed by atoms with Crippen molar-refractivity contribution in [3.63, 3.8) is 0 Å². The molecule has 0 saturated heterocycles. The van der Waals surface area contributed by atoms with E-state index in [9.17, 15) is 4.79 Å². The molecule has 2 heterocycles. The molecule has 28 heavy (non-hydrogen) atoms. The summed E-state index contributed by atoms with van der Waals surface area (Å²) in [4.78, 5) is 18.4. The van der Waals surface area contributed by atoms with E-state index >= 15 is 0 Å². The number of benzene rings is 2. The lowest BCUT2D eigenvalue weighted by Gasteiger charge is -2.18. The average Bonchev–Trinajstić information content (AvgIpc) is 3.36. The number of hydrogen-bond donors (Lipinski definition) is 1. The topological polar surface area (TPSA) is 46.9 Å². The first-order chi connectivity index (χ1) is 13.7. The molecule has 0 saturated carbocycles. The maximum Gasteiger partial charge on any atom is 0.221 e. The zero-order valence-electron chi connectivity index (χ0n) is 15.5. The molecule has 6 heteroatoms. The van der Waals surface area contributed by atoms with Crippen LogP contribution in [0.4, 0.5) is 0 Å². The van der Waals surface area contributed by atoms with Gasteiger partial charge in [-0.25, -0.2) is 4.98 Å². The second-order valence-corrected chi connectivity index (χ2v) is 8.51. The highest BCUT2D eigenvalue weighted by Gasteiger charge is 2.18. The van der Waals surface area contributed by atoms with E-state index in [-0.39, 0.29) is 11.9 Å². The van der Waals surface area contributed by atoms with Crippen LogP contribution in [-0.4, -0.2) is 21.2 Å². The van der Waals surface area contributed by atoms with Gasteiger partial charge in [-0.15, -0.1) is 11.3 Å². The van der Waals surface area contributed by atoms with E-state index in [2.05, 4.69) is 39.1 Å². The summed E-state index contributed by atoms with van der Waals surface area (Å²) in [6.07, 6.45) is 0.447. The Kier molecular flexibility index (Phi) is 5.78. The van der Waals surface area contributed by atoms with E-state index in [1.807, 2.05) is 54.9 Å². The number of amides is 1. The summed E-state index contributed by atoms with van der Waals surface area (Å²) in [5.74, 6) is 0.739. The fraction of sp³-hybridized carbons (Fsp3) is 0.182. The van der Waals surface area contributed by atoms with Gasteiger partial charge < -0.3 is 9.88 Å². The molecule has 1 amide bonds. The van der Waals surface area contributed by atoms with Gasteiger partial charge in [0.2, 0.25) is 5.91 Å². The Hall–Kier alpha value is -2.57. The van der Waals surface area contributed by atoms with E-state index in [0.29, 0.717) is 12.2 Å². The number of nitrogens with one attached hydrogen (secondary N) is 1. The first-order valence-electron chi connectivity index (χ1n) is 9.14. The van der Waals surface area contributed by atoms with Crippen LogP contribution in [0.5, 0.6) is 0 Å². The van der Waals surface area contributed by atoms with Gasteiger partial charge in [-0.3, -0.25) is 4.79 Å². The molecule has 0 spiro atoms. The summed E-state index contributed by atoms with van der Waals surface area (Å²) >= 11 is 3.27. The van der Waals surface area contributed by atoms with Crippen LogP contribution in [0.3, 0.4) is 0 Å². The Morgan fingerprint density at radius 2 is 1.89 bits per heavy atom. The molecule has 142 valence electrons. The lowest BCUT2D eigenvalue weighted by atomic mass is 10.1. The number of hydrogen-bond acceptors (Lipinski definition) is 4. The maximum atomic E-state index is 12.6. The lowest BCUT2D eigenvalue weighted by Crippen LogP contribution is -2.29. The minimum atomic E-state index is -0.102. The highest BCUT2D eigenvalue weighted by atomic mass is 32.2. The molecular formula is C22H21N3OS2. The van der Waals surface area contributed by atoms with Gasteiger partial charge in [0.05, 0.1) is 17.1 Å². The van der Waals surface area contributed by atoms with Crippen molar-refractivity contribution in [3.05, 3.63) is 82.6 Å². The molecular weight excluding hydrogens is 386 g/mol. The molecule has 1 unspecified atom stereocenters. The van der Waals surface area contributed by atoms with Crippen molar-refractivity contribution in [1.82, 2.24) is 14.9 Å². The molecule has 2 aromatic heterocycles. The second kappa shape index (κ2) is 8.63. The fourth-order valence-corrected chi connectivity index (χ4v) is 4.87. The first-order valence-corrected chi connectivity index (χ1v) is 11.0. The van der Waals surface area contributed by atoms with Crippen molar-refractivity contribution in [2.24, 2.45) is 7.05 Å². The summed E-state index contributed by atoms with van der Waals surface area (Å²) in [7, 11) is 2.01. The summed E-state index contributed by atoms with van der Waals surface area (Å²) in [6, 6.07) is 22.2. The van der Waals surface area contributed by atoms with Gasteiger partial charge in [0.15, 0.2) is 5.16 Å². The second-order valence-electron chi connectivity index (χ2n) is 6.47. The van der Waals surface area contributed by atoms with Crippen molar-refractivity contribution < 1.29 is 4.79 Å². The van der Waals surface area contributed by atoms with Gasteiger partial charge in [-0.1, -0.05) is 60.3 Å². The number of thiophene rings is 1. The summed E-state index contributed by atoms with van der Waals surface area (Å²) in [5, 5.41) is 6.17. The molecule has 0 fully saturated rings. The third-order valence-electron chi connectivity index (χ3n) is 4.57. The van der Waals surface area contributed by atoms with Crippen LogP contribution in [0.1, 0.15) is 22.9 Å². The number of carbonyl (C=O) groups is 1. The number of thioether (sulfide) groups is 1. The van der Waals surface area contributed by atoms with Crippen LogP contribution in [-0.2, 0) is 11.8 Å². The molecule has 2 aromatic carbocycles. The summed E-state index contributed by atoms with van der Waals surface area (Å²) in [5.41, 5.74) is 3.19. The van der Waals surface area contributed by atoms with Gasteiger partial charge >= 0.3 is 0 Å². The monoisotopic (exact) mass is 407 g/mol. The van der Waals surface area contributed by atoms with Crippen molar-refractivity contribution >= 4 is 40.0 Å². The van der Waals surface area contributed by atoms with E-state index in [0.717, 1.165) is 26.6 Å². The number of para-hydroxylation sites is 2. The smallest absolute Gasteiger partial charge is 0.221 e. The predicted molar refractivity (Wildman–Crippen MR) is 117 cm³/mol. The van der Waals surface area contributed by atoms with Gasteiger partial charge in [0.25, 0.3) is 0 Å². The molecule has 0 aliphatic rings. The van der Waals surface area contributed by atoms with Crippen molar-refractivity contribution in [2.45, 2.75) is 17.6 Å². The number of carbonyl (C=O) groups excluding carboxylic acids is 1. The number of aromatic nitrogens is 2. The number of nitrogens with zero attached hydrogens (tertiary/aromatic N) is 2. The van der Waals surface area contributed by atoms with Crippen LogP contribution in [0.2, 0.25) is 0 Å². The number of fused-ring (bicyclic) bond motifs is 1. The normalized spacial score (nSPS) is 12.2. The molecule has 1 N–H and O–H groups in total. The van der Waals surface area contributed by atoms with Crippen LogP contribution in [0.25, 0.3) is 11.0 Å². The van der Waals surface area contributed by atoms with Crippen LogP contribution < -0.4 is 5.32 Å². The van der Waals surface area contributed by atoms with E-state index in [1.165, 1.54) is 0 Å². The van der Waals surface area contributed by atoms with Crippen LogP contribution in [0, 0.1) is 0 Å². The molecule has 4 rings (SSSR count). The van der Waals surface area contributed by atoms with Crippen molar-refractivity contribution in [1.29, 1.82) is 0 Å². The highest BCUT2D eigenvalue weighted by Crippen LogP contribution is 2.27. The summed E-state index contributed by atoms with van der Waals surface area (Å²) < 4.78 is 2.08. The van der Waals surface area contributed by atoms with Crippen LogP contribution in [0.15, 0.2) is 77.3 Å². The van der Waals surface area contributed by atoms with Gasteiger partial charge in [-0.05, 0) is 29.1 Å². The minimum absolute atomic E-state index is 0.0496. The third kappa shape index (κ3) is 4.13. The zero-order chi connectivity index (χ0) is 19.3. The van der Waals surface area contributed by atoms with E-state index < -0.39 is 0 Å². The third-order valence-corrected chi connectivity index (χ3v) is 6.54. The Bertz CT molecular complexity index is 1060. The summed E-state index contributed by atoms with van der Waals surface area (Å²) in [6.45, 7) is 0. The predicted octanol–water partition coefficient (Wildman–Crippen LogP) is 5.02. The molecule has 1 atom stereocenters. The number of imidazole rings is 1. The van der Waals surface area contributed by atoms with Gasteiger partial charge in [0.1, 0.15) is 0 Å². The number of rotatable bonds is 7. The van der Waals surface area contributed by atoms with Crippen LogP contribution >= 0.6 is 23.1 Å². The maximum absolute atomic E-state index is 12.6. The SMILES string of the molecule is Cn1c(SCCC(=O)NC(c2ccccc2)c2cccs2)nc2ccccc21. The fourth-order valence-electron chi connectivity index (χ4n) is 3.14. The molecule has 4 aromatic rings. The Morgan fingerprint density at radius 3 is 2.64 bits per heavy atom. The zero-order valence-corrected chi connectivity index (χ0v) is 17.2. The van der Waals surface area contributed by atoms with Gasteiger partial charge in [-0.2, -0.15) is 0 Å². The van der Waals surface area contributed by atoms with Crippen molar-refractivity contribution in [2.75, 3.05) is 5.75 Å². The highest BCUT2D eigenvalue weighted by molar-refractivity contribution is 7.99. The Balaban J connectivity index is 1.39. The average molecular weight is 408 g/mol. The molecule has 0 aliphatic heterocycles. The number of aryl methyl sites for hydroxylation is 1. The standard InChI is InChI=1S/C22H21N3OS2/c1-25-18-11-6-5-10-17(18)23-22(25)28-15-13-20(26)24-21(19-12-7-14-27-19)16-8-3-2-4-9-16/h2-12,14,21H,13,15H2,1H3,(H,24,26). The Morgan fingerprint density at radius 1 is 1.11 bits per heavy atom. The lowest BCUT2D eigenvalue weighted by molar-refractivity contribution is -0.121. The molecule has 0 radical (unpaired) electrons. The van der Waals surface area contributed by atoms with E-state index in [4.69, 9.17) is 0 Å². The quantitative estimate of drug-likeness (QED) is 0.438. The first kappa shape index (κ1) is 18.8. The Labute approximate surface area is 172 Å². The molecule has 0 aliphatic carbocycles. The van der Waals surface area contributed by atoms with Crippen molar-refractivity contribution in [3.8, 4) is 0 Å². The van der Waals surface area contributed by atoms with Gasteiger partial charge in [0, 0.05) is 24.1 Å². The molecule has 0 bridgehead atoms. The minimum Gasteiger partial charge on any atom is -0.344 e.